The summed E-state index contributed by atoms with van der Waals surface area (Å²) in [6.07, 6.45) is 0. The highest BCUT2D eigenvalue weighted by Gasteiger charge is 2.15. The van der Waals surface area contributed by atoms with Crippen LogP contribution in [0.1, 0.15) is 23.0 Å². The highest BCUT2D eigenvalue weighted by atomic mass is 35.5. The standard InChI is InChI=1S/C20H16Cl3N3O4/c1-3-26-17-5-4-11(6-16(17)24-10(2)19(26)28)20(29)30-9-18(27)25-15-8-13(22)12(21)7-14(15)23/h4-8H,3,9H2,1-2H3,(H,25,27). The summed E-state index contributed by atoms with van der Waals surface area (Å²) in [5, 5.41) is 3.17. The van der Waals surface area contributed by atoms with Crippen molar-refractivity contribution in [2.24, 2.45) is 0 Å². The number of fused-ring (bicyclic) bond motifs is 1. The van der Waals surface area contributed by atoms with Crippen LogP contribution >= 0.6 is 34.8 Å². The molecule has 1 amide bonds. The summed E-state index contributed by atoms with van der Waals surface area (Å²) >= 11 is 17.8. The van der Waals surface area contributed by atoms with Crippen LogP contribution in [0.25, 0.3) is 11.0 Å². The molecule has 0 radical (unpaired) electrons. The first-order valence-electron chi connectivity index (χ1n) is 8.84. The van der Waals surface area contributed by atoms with Crippen molar-refractivity contribution in [1.29, 1.82) is 0 Å². The third-order valence-electron chi connectivity index (χ3n) is 4.28. The largest absolute Gasteiger partial charge is 0.452 e. The molecule has 0 saturated carbocycles. The molecule has 3 rings (SSSR count). The summed E-state index contributed by atoms with van der Waals surface area (Å²) in [7, 11) is 0. The van der Waals surface area contributed by atoms with Gasteiger partial charge in [0.05, 0.1) is 37.4 Å². The lowest BCUT2D eigenvalue weighted by Crippen LogP contribution is -2.23. The zero-order valence-electron chi connectivity index (χ0n) is 16.0. The number of rotatable bonds is 5. The van der Waals surface area contributed by atoms with E-state index in [1.165, 1.54) is 24.3 Å². The molecular formula is C20H16Cl3N3O4. The monoisotopic (exact) mass is 467 g/mol. The summed E-state index contributed by atoms with van der Waals surface area (Å²) in [4.78, 5) is 40.9. The molecule has 2 aromatic carbocycles. The smallest absolute Gasteiger partial charge is 0.338 e. The number of benzene rings is 2. The van der Waals surface area contributed by atoms with E-state index in [-0.39, 0.29) is 31.9 Å². The molecule has 0 spiro atoms. The second kappa shape index (κ2) is 9.04. The lowest BCUT2D eigenvalue weighted by Gasteiger charge is -2.11. The van der Waals surface area contributed by atoms with Crippen molar-refractivity contribution in [2.45, 2.75) is 20.4 Å². The van der Waals surface area contributed by atoms with E-state index in [0.717, 1.165) is 0 Å². The molecule has 1 N–H and O–H groups in total. The van der Waals surface area contributed by atoms with Gasteiger partial charge in [0.1, 0.15) is 5.69 Å². The predicted octanol–water partition coefficient (Wildman–Crippen LogP) is 4.48. The van der Waals surface area contributed by atoms with Gasteiger partial charge >= 0.3 is 5.97 Å². The van der Waals surface area contributed by atoms with Crippen molar-refractivity contribution >= 4 is 63.4 Å². The number of hydrogen-bond acceptors (Lipinski definition) is 5. The average Bonchev–Trinajstić information content (AvgIpc) is 2.71. The van der Waals surface area contributed by atoms with Gasteiger partial charge in [-0.3, -0.25) is 9.59 Å². The highest BCUT2D eigenvalue weighted by molar-refractivity contribution is 6.44. The number of amides is 1. The van der Waals surface area contributed by atoms with Gasteiger partial charge in [0.25, 0.3) is 11.5 Å². The number of hydrogen-bond donors (Lipinski definition) is 1. The minimum absolute atomic E-state index is 0.182. The number of carbonyl (C=O) groups excluding carboxylic acids is 2. The molecule has 0 atom stereocenters. The van der Waals surface area contributed by atoms with Crippen molar-refractivity contribution < 1.29 is 14.3 Å². The van der Waals surface area contributed by atoms with Crippen LogP contribution in [-0.4, -0.2) is 28.0 Å². The summed E-state index contributed by atoms with van der Waals surface area (Å²) < 4.78 is 6.64. The van der Waals surface area contributed by atoms with Gasteiger partial charge < -0.3 is 14.6 Å². The van der Waals surface area contributed by atoms with Gasteiger partial charge in [-0.15, -0.1) is 0 Å². The van der Waals surface area contributed by atoms with Gasteiger partial charge in [0.2, 0.25) is 0 Å². The normalized spacial score (nSPS) is 10.8. The topological polar surface area (TPSA) is 90.3 Å². The average molecular weight is 469 g/mol. The van der Waals surface area contributed by atoms with E-state index < -0.39 is 18.5 Å². The van der Waals surface area contributed by atoms with Gasteiger partial charge in [-0.25, -0.2) is 9.78 Å². The first kappa shape index (κ1) is 22.1. The number of anilines is 1. The van der Waals surface area contributed by atoms with Gasteiger partial charge in [0, 0.05) is 6.54 Å². The maximum absolute atomic E-state index is 12.4. The van der Waals surface area contributed by atoms with Crippen molar-refractivity contribution in [2.75, 3.05) is 11.9 Å². The van der Waals surface area contributed by atoms with Crippen LogP contribution in [-0.2, 0) is 16.1 Å². The molecule has 1 aromatic heterocycles. The third-order valence-corrected chi connectivity index (χ3v) is 5.31. The highest BCUT2D eigenvalue weighted by Crippen LogP contribution is 2.32. The zero-order valence-corrected chi connectivity index (χ0v) is 18.2. The number of ether oxygens (including phenoxy) is 1. The van der Waals surface area contributed by atoms with Crippen LogP contribution < -0.4 is 10.9 Å². The Bertz CT molecular complexity index is 1220. The number of nitrogens with zero attached hydrogens (tertiary/aromatic N) is 2. The molecule has 0 aliphatic carbocycles. The van der Waals surface area contributed by atoms with Crippen molar-refractivity contribution in [3.8, 4) is 0 Å². The molecule has 0 aliphatic heterocycles. The predicted molar refractivity (Wildman–Crippen MR) is 117 cm³/mol. The summed E-state index contributed by atoms with van der Waals surface area (Å²) in [5.74, 6) is -1.31. The minimum Gasteiger partial charge on any atom is -0.452 e. The summed E-state index contributed by atoms with van der Waals surface area (Å²) in [5.41, 5.74) is 1.68. The first-order chi connectivity index (χ1) is 14.2. The van der Waals surface area contributed by atoms with Gasteiger partial charge in [-0.2, -0.15) is 0 Å². The quantitative estimate of drug-likeness (QED) is 0.440. The Labute approximate surface area is 186 Å². The van der Waals surface area contributed by atoms with Crippen LogP contribution in [0.2, 0.25) is 15.1 Å². The Morgan fingerprint density at radius 3 is 2.50 bits per heavy atom. The number of aromatic nitrogens is 2. The van der Waals surface area contributed by atoms with E-state index in [0.29, 0.717) is 23.3 Å². The first-order valence-corrected chi connectivity index (χ1v) is 9.97. The van der Waals surface area contributed by atoms with Gasteiger partial charge in [-0.1, -0.05) is 34.8 Å². The summed E-state index contributed by atoms with van der Waals surface area (Å²) in [6.45, 7) is 3.40. The molecule has 3 aromatic rings. The molecular weight excluding hydrogens is 453 g/mol. The lowest BCUT2D eigenvalue weighted by molar-refractivity contribution is -0.119. The van der Waals surface area contributed by atoms with E-state index in [1.807, 2.05) is 6.92 Å². The van der Waals surface area contributed by atoms with Crippen LogP contribution in [0, 0.1) is 6.92 Å². The molecule has 0 aliphatic rings. The Hall–Kier alpha value is -2.61. The molecule has 0 unspecified atom stereocenters. The van der Waals surface area contributed by atoms with Crippen LogP contribution in [0.4, 0.5) is 5.69 Å². The zero-order chi connectivity index (χ0) is 22.0. The Kier molecular flexibility index (Phi) is 6.65. The molecule has 0 saturated heterocycles. The number of esters is 1. The Balaban J connectivity index is 1.72. The number of halogens is 3. The van der Waals surface area contributed by atoms with E-state index in [9.17, 15) is 14.4 Å². The Morgan fingerprint density at radius 2 is 1.80 bits per heavy atom. The maximum Gasteiger partial charge on any atom is 0.338 e. The fourth-order valence-corrected chi connectivity index (χ4v) is 3.43. The molecule has 0 fully saturated rings. The molecule has 156 valence electrons. The van der Waals surface area contributed by atoms with Crippen LogP contribution in [0.15, 0.2) is 35.1 Å². The second-order valence-electron chi connectivity index (χ2n) is 6.32. The van der Waals surface area contributed by atoms with Crippen molar-refractivity contribution in [1.82, 2.24) is 9.55 Å². The van der Waals surface area contributed by atoms with Crippen LogP contribution in [0.5, 0.6) is 0 Å². The summed E-state index contributed by atoms with van der Waals surface area (Å²) in [6, 6.07) is 7.45. The molecule has 0 bridgehead atoms. The lowest BCUT2D eigenvalue weighted by atomic mass is 10.2. The van der Waals surface area contributed by atoms with Crippen LogP contribution in [0.3, 0.4) is 0 Å². The van der Waals surface area contributed by atoms with Crippen molar-refractivity contribution in [3.63, 3.8) is 0 Å². The van der Waals surface area contributed by atoms with Gasteiger partial charge in [-0.05, 0) is 44.2 Å². The SMILES string of the molecule is CCn1c(=O)c(C)nc2cc(C(=O)OCC(=O)Nc3cc(Cl)c(Cl)cc3Cl)ccc21. The van der Waals surface area contributed by atoms with E-state index in [1.54, 1.807) is 17.6 Å². The Morgan fingerprint density at radius 1 is 1.10 bits per heavy atom. The molecule has 10 heteroatoms. The number of aryl methyl sites for hydroxylation is 2. The van der Waals surface area contributed by atoms with E-state index >= 15 is 0 Å². The second-order valence-corrected chi connectivity index (χ2v) is 7.54. The molecule has 30 heavy (non-hydrogen) atoms. The minimum atomic E-state index is -0.707. The molecule has 1 heterocycles. The van der Waals surface area contributed by atoms with E-state index in [4.69, 9.17) is 39.5 Å². The maximum atomic E-state index is 12.4. The number of nitrogens with one attached hydrogen (secondary N) is 1. The van der Waals surface area contributed by atoms with Crippen molar-refractivity contribution in [3.05, 3.63) is 67.0 Å². The fraction of sp³-hybridized carbons (Fsp3) is 0.200. The third kappa shape index (κ3) is 4.59. The fourth-order valence-electron chi connectivity index (χ4n) is 2.83. The van der Waals surface area contributed by atoms with Gasteiger partial charge in [0.15, 0.2) is 6.61 Å². The number of carbonyl (C=O) groups is 2. The molecule has 7 nitrogen and oxygen atoms in total. The van der Waals surface area contributed by atoms with E-state index in [2.05, 4.69) is 10.3 Å².